The van der Waals surface area contributed by atoms with Gasteiger partial charge in [0.05, 0.1) is 16.3 Å². The molecule has 0 radical (unpaired) electrons. The predicted molar refractivity (Wildman–Crippen MR) is 142 cm³/mol. The average molecular weight is 528 g/mol. The first kappa shape index (κ1) is 26.7. The molecule has 0 spiro atoms. The van der Waals surface area contributed by atoms with E-state index < -0.39 is 11.3 Å². The molecule has 1 unspecified atom stereocenters. The number of nitrogens with zero attached hydrogens (tertiary/aromatic N) is 3. The van der Waals surface area contributed by atoms with Crippen molar-refractivity contribution >= 4 is 29.5 Å². The van der Waals surface area contributed by atoms with Gasteiger partial charge in [-0.25, -0.2) is 0 Å². The Morgan fingerprint density at radius 1 is 1.08 bits per heavy atom. The first-order chi connectivity index (χ1) is 17.2. The molecular formula is C28H31Cl2N3O3. The van der Waals surface area contributed by atoms with Gasteiger partial charge in [-0.3, -0.25) is 14.7 Å². The molecule has 1 fully saturated rings. The van der Waals surface area contributed by atoms with Crippen molar-refractivity contribution in [3.05, 3.63) is 98.8 Å². The molecule has 36 heavy (non-hydrogen) atoms. The Labute approximate surface area is 222 Å². The fraction of sp³-hybridized carbons (Fsp3) is 0.357. The molecule has 8 heteroatoms. The van der Waals surface area contributed by atoms with Crippen molar-refractivity contribution in [3.63, 3.8) is 0 Å². The zero-order valence-electron chi connectivity index (χ0n) is 20.7. The average Bonchev–Trinajstić information content (AvgIpc) is 2.85. The van der Waals surface area contributed by atoms with Crippen molar-refractivity contribution in [2.24, 2.45) is 0 Å². The van der Waals surface area contributed by atoms with E-state index in [1.807, 2.05) is 42.3 Å². The molecule has 0 bridgehead atoms. The number of halogens is 2. The van der Waals surface area contributed by atoms with Crippen LogP contribution in [0.3, 0.4) is 0 Å². The zero-order chi connectivity index (χ0) is 25.9. The van der Waals surface area contributed by atoms with Gasteiger partial charge in [0, 0.05) is 48.1 Å². The van der Waals surface area contributed by atoms with Crippen molar-refractivity contribution in [1.29, 1.82) is 0 Å². The van der Waals surface area contributed by atoms with Crippen LogP contribution >= 0.6 is 23.2 Å². The summed E-state index contributed by atoms with van der Waals surface area (Å²) in [6, 6.07) is 16.5. The second-order valence-electron chi connectivity index (χ2n) is 9.50. The van der Waals surface area contributed by atoms with Crippen molar-refractivity contribution < 1.29 is 14.6 Å². The SMILES string of the molecule is CO[C@](c1ccc(Cl)cc1)(c1ccc(C(C)(O)CN2CCC2)cc1C=O)N(C)Cc1ccc(Cl)cn1. The predicted octanol–water partition coefficient (Wildman–Crippen LogP) is 5.09. The van der Waals surface area contributed by atoms with Crippen LogP contribution in [0.4, 0.5) is 0 Å². The first-order valence-electron chi connectivity index (χ1n) is 11.9. The van der Waals surface area contributed by atoms with Gasteiger partial charge in [0.15, 0.2) is 12.0 Å². The molecule has 1 aliphatic rings. The molecule has 0 aliphatic carbocycles. The maximum Gasteiger partial charge on any atom is 0.174 e. The van der Waals surface area contributed by atoms with Crippen LogP contribution in [0.15, 0.2) is 60.8 Å². The molecule has 0 saturated carbocycles. The largest absolute Gasteiger partial charge is 0.384 e. The summed E-state index contributed by atoms with van der Waals surface area (Å²) in [5.41, 5.74) is 1.14. The van der Waals surface area contributed by atoms with Gasteiger partial charge in [-0.1, -0.05) is 47.5 Å². The molecule has 1 aliphatic heterocycles. The second-order valence-corrected chi connectivity index (χ2v) is 10.4. The van der Waals surface area contributed by atoms with E-state index in [0.29, 0.717) is 39.8 Å². The Kier molecular flexibility index (Phi) is 8.15. The van der Waals surface area contributed by atoms with Crippen LogP contribution in [-0.4, -0.2) is 60.0 Å². The fourth-order valence-corrected chi connectivity index (χ4v) is 5.10. The van der Waals surface area contributed by atoms with Crippen molar-refractivity contribution in [2.45, 2.75) is 31.2 Å². The van der Waals surface area contributed by atoms with E-state index in [1.54, 1.807) is 44.5 Å². The zero-order valence-corrected chi connectivity index (χ0v) is 22.3. The number of ether oxygens (including phenoxy) is 1. The standard InChI is InChI=1S/C28H31Cl2N3O3/c1-27(35,19-33-13-4-14-33)22-7-12-26(20(15-22)18-34)28(36-3,21-5-8-23(29)9-6-21)32(2)17-25-11-10-24(30)16-31-25/h5-12,15-16,18,35H,4,13-14,17,19H2,1-3H3/t27?,28-/m1/s1. The number of carbonyl (C=O) groups is 1. The lowest BCUT2D eigenvalue weighted by Gasteiger charge is -2.42. The lowest BCUT2D eigenvalue weighted by molar-refractivity contribution is -0.104. The number of pyridine rings is 1. The summed E-state index contributed by atoms with van der Waals surface area (Å²) in [5.74, 6) is 0. The van der Waals surface area contributed by atoms with Gasteiger partial charge in [-0.2, -0.15) is 0 Å². The normalized spacial score (nSPS) is 17.3. The number of hydrogen-bond acceptors (Lipinski definition) is 6. The highest BCUT2D eigenvalue weighted by atomic mass is 35.5. The molecule has 2 heterocycles. The van der Waals surface area contributed by atoms with Gasteiger partial charge in [0.25, 0.3) is 0 Å². The minimum atomic E-state index is -1.13. The summed E-state index contributed by atoms with van der Waals surface area (Å²) >= 11 is 12.2. The molecule has 1 saturated heterocycles. The van der Waals surface area contributed by atoms with Crippen LogP contribution < -0.4 is 0 Å². The monoisotopic (exact) mass is 527 g/mol. The lowest BCUT2D eigenvalue weighted by atomic mass is 9.85. The lowest BCUT2D eigenvalue weighted by Crippen LogP contribution is -2.47. The number of hydrogen-bond donors (Lipinski definition) is 1. The maximum atomic E-state index is 12.4. The Hall–Kier alpha value is -2.32. The van der Waals surface area contributed by atoms with Gasteiger partial charge in [0.2, 0.25) is 0 Å². The number of likely N-dealkylation sites (tertiary alicyclic amines) is 1. The minimum Gasteiger partial charge on any atom is -0.384 e. The number of methoxy groups -OCH3 is 1. The number of β-amino-alcohol motifs (C(OH)–C–C–N with tert-alkyl or cyclic N) is 1. The Morgan fingerprint density at radius 2 is 1.75 bits per heavy atom. The maximum absolute atomic E-state index is 12.4. The number of rotatable bonds is 10. The van der Waals surface area contributed by atoms with Crippen molar-refractivity contribution in [1.82, 2.24) is 14.8 Å². The third kappa shape index (κ3) is 5.35. The van der Waals surface area contributed by atoms with Gasteiger partial charge in [0.1, 0.15) is 0 Å². The third-order valence-corrected chi connectivity index (χ3v) is 7.38. The van der Waals surface area contributed by atoms with Gasteiger partial charge < -0.3 is 14.7 Å². The second kappa shape index (κ2) is 11.0. The van der Waals surface area contributed by atoms with Crippen LogP contribution in [0.5, 0.6) is 0 Å². The van der Waals surface area contributed by atoms with E-state index in [-0.39, 0.29) is 0 Å². The highest BCUT2D eigenvalue weighted by Crippen LogP contribution is 2.40. The molecule has 4 rings (SSSR count). The van der Waals surface area contributed by atoms with Crippen molar-refractivity contribution in [3.8, 4) is 0 Å². The summed E-state index contributed by atoms with van der Waals surface area (Å²) in [5, 5.41) is 12.4. The molecule has 3 aromatic rings. The Morgan fingerprint density at radius 3 is 2.31 bits per heavy atom. The first-order valence-corrected chi connectivity index (χ1v) is 12.6. The molecular weight excluding hydrogens is 497 g/mol. The van der Waals surface area contributed by atoms with Crippen LogP contribution in [0.1, 0.15) is 46.1 Å². The van der Waals surface area contributed by atoms with Crippen LogP contribution in [0.25, 0.3) is 0 Å². The Balaban J connectivity index is 1.81. The van der Waals surface area contributed by atoms with E-state index in [0.717, 1.165) is 37.1 Å². The minimum absolute atomic E-state index is 0.417. The number of aromatic nitrogens is 1. The Bertz CT molecular complexity index is 1200. The van der Waals surface area contributed by atoms with E-state index in [2.05, 4.69) is 9.88 Å². The molecule has 1 N–H and O–H groups in total. The van der Waals surface area contributed by atoms with E-state index in [1.165, 1.54) is 0 Å². The molecule has 2 aromatic carbocycles. The van der Waals surface area contributed by atoms with Crippen LogP contribution in [-0.2, 0) is 22.6 Å². The number of aldehydes is 1. The summed E-state index contributed by atoms with van der Waals surface area (Å²) in [6.45, 7) is 4.67. The summed E-state index contributed by atoms with van der Waals surface area (Å²) in [4.78, 5) is 21.1. The summed E-state index contributed by atoms with van der Waals surface area (Å²) < 4.78 is 6.27. The molecule has 1 aromatic heterocycles. The number of carbonyl (C=O) groups excluding carboxylic acids is 1. The number of benzene rings is 2. The topological polar surface area (TPSA) is 65.9 Å². The summed E-state index contributed by atoms with van der Waals surface area (Å²) in [7, 11) is 3.53. The highest BCUT2D eigenvalue weighted by Gasteiger charge is 2.41. The molecule has 0 amide bonds. The van der Waals surface area contributed by atoms with Gasteiger partial charge >= 0.3 is 0 Å². The van der Waals surface area contributed by atoms with E-state index in [9.17, 15) is 9.90 Å². The van der Waals surface area contributed by atoms with Crippen LogP contribution in [0, 0.1) is 0 Å². The molecule has 190 valence electrons. The number of aliphatic hydroxyl groups is 1. The van der Waals surface area contributed by atoms with Gasteiger partial charge in [-0.15, -0.1) is 0 Å². The fourth-order valence-electron chi connectivity index (χ4n) is 4.87. The van der Waals surface area contributed by atoms with E-state index in [4.69, 9.17) is 27.9 Å². The van der Waals surface area contributed by atoms with Gasteiger partial charge in [-0.05, 0) is 69.4 Å². The van der Waals surface area contributed by atoms with E-state index >= 15 is 0 Å². The molecule has 6 nitrogen and oxygen atoms in total. The quantitative estimate of drug-likeness (QED) is 0.292. The molecule has 2 atom stereocenters. The highest BCUT2D eigenvalue weighted by molar-refractivity contribution is 6.30. The smallest absolute Gasteiger partial charge is 0.174 e. The summed E-state index contributed by atoms with van der Waals surface area (Å²) in [6.07, 6.45) is 3.56. The van der Waals surface area contributed by atoms with Crippen LogP contribution in [0.2, 0.25) is 10.0 Å². The van der Waals surface area contributed by atoms with Crippen molar-refractivity contribution in [2.75, 3.05) is 33.8 Å². The third-order valence-electron chi connectivity index (χ3n) is 6.90.